The van der Waals surface area contributed by atoms with E-state index in [0.29, 0.717) is 19.0 Å². The summed E-state index contributed by atoms with van der Waals surface area (Å²) in [4.78, 5) is 26.9. The summed E-state index contributed by atoms with van der Waals surface area (Å²) in [6, 6.07) is 0.0869. The molecule has 0 aromatic heterocycles. The van der Waals surface area contributed by atoms with Crippen LogP contribution in [-0.2, 0) is 4.79 Å². The van der Waals surface area contributed by atoms with Crippen LogP contribution in [-0.4, -0.2) is 64.1 Å². The van der Waals surface area contributed by atoms with Gasteiger partial charge in [-0.15, -0.1) is 0 Å². The number of aliphatic carboxylic acids is 1. The lowest BCUT2D eigenvalue weighted by atomic mass is 10.0. The Hall–Kier alpha value is -0.910. The van der Waals surface area contributed by atoms with Gasteiger partial charge in [0.1, 0.15) is 0 Å². The van der Waals surface area contributed by atoms with Crippen molar-refractivity contribution in [1.82, 2.24) is 9.80 Å². The van der Waals surface area contributed by atoms with Crippen molar-refractivity contribution >= 4 is 23.8 Å². The van der Waals surface area contributed by atoms with E-state index in [-0.39, 0.29) is 12.1 Å². The molecule has 0 bridgehead atoms. The Morgan fingerprint density at radius 2 is 2.11 bits per heavy atom. The monoisotopic (exact) mass is 272 g/mol. The van der Waals surface area contributed by atoms with Crippen molar-refractivity contribution in [3.05, 3.63) is 0 Å². The third-order valence-corrected chi connectivity index (χ3v) is 5.22. The summed E-state index contributed by atoms with van der Waals surface area (Å²) in [6.45, 7) is 2.39. The van der Waals surface area contributed by atoms with E-state index in [9.17, 15) is 9.59 Å². The van der Waals surface area contributed by atoms with E-state index in [1.807, 2.05) is 25.7 Å². The summed E-state index contributed by atoms with van der Waals surface area (Å²) >= 11 is 1.87. The third-order valence-electron chi connectivity index (χ3n) is 4.07. The minimum absolute atomic E-state index is 0.0150. The van der Waals surface area contributed by atoms with Crippen LogP contribution in [0, 0.1) is 5.92 Å². The average molecular weight is 272 g/mol. The molecule has 3 unspecified atom stereocenters. The van der Waals surface area contributed by atoms with Gasteiger partial charge in [-0.2, -0.15) is 11.8 Å². The fourth-order valence-corrected chi connectivity index (χ4v) is 3.99. The van der Waals surface area contributed by atoms with E-state index < -0.39 is 11.9 Å². The number of likely N-dealkylation sites (tertiary alicyclic amines) is 1. The van der Waals surface area contributed by atoms with Crippen molar-refractivity contribution in [3.8, 4) is 0 Å². The van der Waals surface area contributed by atoms with Gasteiger partial charge in [0.2, 0.25) is 0 Å². The minimum atomic E-state index is -0.795. The van der Waals surface area contributed by atoms with Crippen molar-refractivity contribution in [2.45, 2.75) is 31.8 Å². The Bertz CT molecular complexity index is 344. The molecule has 2 rings (SSSR count). The van der Waals surface area contributed by atoms with Gasteiger partial charge in [-0.25, -0.2) is 4.79 Å². The number of thioether (sulfide) groups is 1. The number of carbonyl (C=O) groups excluding carboxylic acids is 1. The molecule has 2 aliphatic heterocycles. The van der Waals surface area contributed by atoms with Gasteiger partial charge in [0.25, 0.3) is 0 Å². The normalized spacial score (nSPS) is 31.7. The number of hydrogen-bond donors (Lipinski definition) is 1. The van der Waals surface area contributed by atoms with E-state index in [4.69, 9.17) is 5.11 Å². The van der Waals surface area contributed by atoms with Crippen molar-refractivity contribution in [1.29, 1.82) is 0 Å². The van der Waals surface area contributed by atoms with Crippen molar-refractivity contribution in [3.63, 3.8) is 0 Å². The first-order chi connectivity index (χ1) is 8.52. The molecule has 6 heteroatoms. The summed E-state index contributed by atoms with van der Waals surface area (Å²) in [6.07, 6.45) is 1.60. The first-order valence-electron chi connectivity index (χ1n) is 6.36. The molecular weight excluding hydrogens is 252 g/mol. The molecule has 0 saturated carbocycles. The Morgan fingerprint density at radius 3 is 2.61 bits per heavy atom. The van der Waals surface area contributed by atoms with Crippen LogP contribution >= 0.6 is 11.8 Å². The molecule has 5 nitrogen and oxygen atoms in total. The highest BCUT2D eigenvalue weighted by Crippen LogP contribution is 2.27. The molecule has 2 aliphatic rings. The zero-order valence-corrected chi connectivity index (χ0v) is 11.7. The van der Waals surface area contributed by atoms with Gasteiger partial charge in [-0.1, -0.05) is 0 Å². The Labute approximate surface area is 112 Å². The van der Waals surface area contributed by atoms with E-state index in [0.717, 1.165) is 17.9 Å². The molecular formula is C12H20N2O3S. The molecule has 2 fully saturated rings. The van der Waals surface area contributed by atoms with Gasteiger partial charge in [-0.3, -0.25) is 4.79 Å². The lowest BCUT2D eigenvalue weighted by Gasteiger charge is -2.32. The van der Waals surface area contributed by atoms with E-state index >= 15 is 0 Å². The maximum absolute atomic E-state index is 12.4. The van der Waals surface area contributed by atoms with E-state index in [1.165, 1.54) is 0 Å². The van der Waals surface area contributed by atoms with Crippen LogP contribution in [0.25, 0.3) is 0 Å². The lowest BCUT2D eigenvalue weighted by molar-refractivity contribution is -0.142. The second-order valence-electron chi connectivity index (χ2n) is 5.08. The topological polar surface area (TPSA) is 60.9 Å². The number of amides is 2. The van der Waals surface area contributed by atoms with Crippen LogP contribution in [0.4, 0.5) is 4.79 Å². The maximum Gasteiger partial charge on any atom is 0.320 e. The smallest absolute Gasteiger partial charge is 0.320 e. The zero-order valence-electron chi connectivity index (χ0n) is 10.8. The van der Waals surface area contributed by atoms with Gasteiger partial charge in [0.05, 0.1) is 5.92 Å². The first kappa shape index (κ1) is 13.5. The molecule has 0 aromatic carbocycles. The largest absolute Gasteiger partial charge is 0.481 e. The predicted octanol–water partition coefficient (Wildman–Crippen LogP) is 1.34. The molecule has 0 aliphatic carbocycles. The van der Waals surface area contributed by atoms with Gasteiger partial charge in [0.15, 0.2) is 0 Å². The summed E-state index contributed by atoms with van der Waals surface area (Å²) in [5.74, 6) is 0.889. The van der Waals surface area contributed by atoms with Gasteiger partial charge in [-0.05, 0) is 25.5 Å². The Balaban J connectivity index is 1.99. The molecule has 0 radical (unpaired) electrons. The van der Waals surface area contributed by atoms with Crippen LogP contribution < -0.4 is 0 Å². The highest BCUT2D eigenvalue weighted by atomic mass is 32.2. The first-order valence-corrected chi connectivity index (χ1v) is 7.52. The molecule has 2 heterocycles. The second kappa shape index (κ2) is 5.38. The van der Waals surface area contributed by atoms with Gasteiger partial charge in [0, 0.05) is 31.4 Å². The molecule has 1 N–H and O–H groups in total. The standard InChI is InChI=1S/C12H20N2O3S/c1-8-10(11(15)16)3-5-14(8)12(17)13(2)9-4-6-18-7-9/h8-10H,3-7H2,1-2H3,(H,15,16). The summed E-state index contributed by atoms with van der Waals surface area (Å²) in [5, 5.41) is 9.08. The van der Waals surface area contributed by atoms with Gasteiger partial charge >= 0.3 is 12.0 Å². The number of carboxylic acid groups (broad SMARTS) is 1. The average Bonchev–Trinajstić information content (AvgIpc) is 2.95. The van der Waals surface area contributed by atoms with Crippen LogP contribution in [0.5, 0.6) is 0 Å². The molecule has 2 saturated heterocycles. The number of carbonyl (C=O) groups is 2. The predicted molar refractivity (Wildman–Crippen MR) is 70.8 cm³/mol. The number of urea groups is 1. The second-order valence-corrected chi connectivity index (χ2v) is 6.23. The summed E-state index contributed by atoms with van der Waals surface area (Å²) in [5.41, 5.74) is 0. The Kier molecular flexibility index (Phi) is 4.04. The van der Waals surface area contributed by atoms with Crippen molar-refractivity contribution in [2.24, 2.45) is 5.92 Å². The summed E-state index contributed by atoms with van der Waals surface area (Å²) < 4.78 is 0. The van der Waals surface area contributed by atoms with Crippen LogP contribution in [0.2, 0.25) is 0 Å². The molecule has 3 atom stereocenters. The maximum atomic E-state index is 12.4. The van der Waals surface area contributed by atoms with Crippen molar-refractivity contribution in [2.75, 3.05) is 25.1 Å². The SMILES string of the molecule is CC1C(C(=O)O)CCN1C(=O)N(C)C1CCSC1. The number of hydrogen-bond acceptors (Lipinski definition) is 3. The van der Waals surface area contributed by atoms with Crippen LogP contribution in [0.1, 0.15) is 19.8 Å². The summed E-state index contributed by atoms with van der Waals surface area (Å²) in [7, 11) is 1.83. The van der Waals surface area contributed by atoms with E-state index in [2.05, 4.69) is 0 Å². The lowest BCUT2D eigenvalue weighted by Crippen LogP contribution is -2.48. The van der Waals surface area contributed by atoms with Crippen molar-refractivity contribution < 1.29 is 14.7 Å². The quantitative estimate of drug-likeness (QED) is 0.824. The van der Waals surface area contributed by atoms with E-state index in [1.54, 1.807) is 9.80 Å². The molecule has 102 valence electrons. The fourth-order valence-electron chi connectivity index (χ4n) is 2.73. The zero-order chi connectivity index (χ0) is 13.3. The fraction of sp³-hybridized carbons (Fsp3) is 0.833. The van der Waals surface area contributed by atoms with Gasteiger partial charge < -0.3 is 14.9 Å². The third kappa shape index (κ3) is 2.43. The van der Waals surface area contributed by atoms with Crippen LogP contribution in [0.15, 0.2) is 0 Å². The molecule has 2 amide bonds. The Morgan fingerprint density at radius 1 is 1.39 bits per heavy atom. The number of rotatable bonds is 2. The molecule has 0 aromatic rings. The highest BCUT2D eigenvalue weighted by molar-refractivity contribution is 7.99. The highest BCUT2D eigenvalue weighted by Gasteiger charge is 2.40. The number of nitrogens with zero attached hydrogens (tertiary/aromatic N) is 2. The molecule has 0 spiro atoms. The minimum Gasteiger partial charge on any atom is -0.481 e. The molecule has 18 heavy (non-hydrogen) atoms. The number of carboxylic acids is 1. The van der Waals surface area contributed by atoms with Crippen LogP contribution in [0.3, 0.4) is 0 Å².